The molecule has 4 rings (SSSR count). The molecule has 0 bridgehead atoms. The van der Waals surface area contributed by atoms with E-state index >= 15 is 0 Å². The Hall–Kier alpha value is -3.90. The molecule has 1 aliphatic heterocycles. The standard InChI is InChI=1S/C31H35F2N5O2/c1-6-37(5)10-8-21-13-25(24-12-19(3)35-18-27(24)30(32)33)23-9-11-38(31(39)26(23)14-21)20(4)28-15-29(40-7-2)22(16-34)17-36-28/h12-15,17-18,20,30H,6-11H2,1-5H3/t20-/m0/s1. The van der Waals surface area contributed by atoms with Gasteiger partial charge in [0.1, 0.15) is 17.4 Å². The average molecular weight is 548 g/mol. The molecule has 0 saturated carbocycles. The third-order valence-corrected chi connectivity index (χ3v) is 7.53. The summed E-state index contributed by atoms with van der Waals surface area (Å²) in [5.41, 5.74) is 4.77. The van der Waals surface area contributed by atoms with E-state index in [2.05, 4.69) is 27.9 Å². The molecule has 0 N–H and O–H groups in total. The highest BCUT2D eigenvalue weighted by molar-refractivity contribution is 5.99. The van der Waals surface area contributed by atoms with Crippen molar-refractivity contribution in [1.82, 2.24) is 19.8 Å². The first-order valence-electron chi connectivity index (χ1n) is 13.6. The van der Waals surface area contributed by atoms with Crippen LogP contribution in [0.4, 0.5) is 8.78 Å². The van der Waals surface area contributed by atoms with Crippen LogP contribution in [0.15, 0.2) is 36.7 Å². The summed E-state index contributed by atoms with van der Waals surface area (Å²) in [5, 5.41) is 9.40. The molecule has 1 aliphatic rings. The van der Waals surface area contributed by atoms with Crippen LogP contribution in [0.2, 0.25) is 0 Å². The average Bonchev–Trinajstić information content (AvgIpc) is 2.95. The molecule has 0 unspecified atom stereocenters. The number of amides is 1. The molecular weight excluding hydrogens is 512 g/mol. The van der Waals surface area contributed by atoms with Crippen molar-refractivity contribution in [2.75, 3.05) is 33.3 Å². The highest BCUT2D eigenvalue weighted by Crippen LogP contribution is 2.39. The molecule has 2 aromatic heterocycles. The molecule has 210 valence electrons. The fourth-order valence-corrected chi connectivity index (χ4v) is 5.09. The van der Waals surface area contributed by atoms with Gasteiger partial charge in [-0.05, 0) is 81.6 Å². The topological polar surface area (TPSA) is 82.3 Å². The molecule has 3 heterocycles. The molecule has 0 fully saturated rings. The second kappa shape index (κ2) is 12.5. The monoisotopic (exact) mass is 547 g/mol. The fourth-order valence-electron chi connectivity index (χ4n) is 5.09. The lowest BCUT2D eigenvalue weighted by Crippen LogP contribution is -2.40. The van der Waals surface area contributed by atoms with Crippen LogP contribution in [-0.2, 0) is 12.8 Å². The van der Waals surface area contributed by atoms with E-state index in [0.29, 0.717) is 65.4 Å². The van der Waals surface area contributed by atoms with Crippen molar-refractivity contribution >= 4 is 5.91 Å². The fraction of sp³-hybridized carbons (Fsp3) is 0.419. The Morgan fingerprint density at radius 3 is 2.55 bits per heavy atom. The van der Waals surface area contributed by atoms with E-state index in [0.717, 1.165) is 24.2 Å². The van der Waals surface area contributed by atoms with Crippen LogP contribution in [0.25, 0.3) is 11.1 Å². The van der Waals surface area contributed by atoms with Gasteiger partial charge in [-0.1, -0.05) is 13.0 Å². The zero-order chi connectivity index (χ0) is 29.0. The van der Waals surface area contributed by atoms with E-state index in [9.17, 15) is 18.8 Å². The highest BCUT2D eigenvalue weighted by atomic mass is 19.3. The van der Waals surface area contributed by atoms with Crippen LogP contribution >= 0.6 is 0 Å². The van der Waals surface area contributed by atoms with Gasteiger partial charge in [-0.25, -0.2) is 8.78 Å². The number of alkyl halides is 2. The molecule has 9 heteroatoms. The van der Waals surface area contributed by atoms with Crippen LogP contribution in [0.1, 0.15) is 77.2 Å². The number of aryl methyl sites for hydroxylation is 1. The maximum atomic E-state index is 14.1. The predicted octanol–water partition coefficient (Wildman–Crippen LogP) is 5.91. The number of likely N-dealkylation sites (N-methyl/N-ethyl adjacent to an activating group) is 1. The second-order valence-corrected chi connectivity index (χ2v) is 10.1. The maximum Gasteiger partial charge on any atom is 0.265 e. The maximum absolute atomic E-state index is 14.1. The quantitative estimate of drug-likeness (QED) is 0.314. The third kappa shape index (κ3) is 5.97. The van der Waals surface area contributed by atoms with Gasteiger partial charge < -0.3 is 14.5 Å². The van der Waals surface area contributed by atoms with Gasteiger partial charge in [0, 0.05) is 48.4 Å². The van der Waals surface area contributed by atoms with Crippen molar-refractivity contribution < 1.29 is 18.3 Å². The molecular formula is C31H35F2N5O2. The number of fused-ring (bicyclic) bond motifs is 1. The van der Waals surface area contributed by atoms with E-state index in [1.54, 1.807) is 24.0 Å². The number of carbonyl (C=O) groups excluding carboxylic acids is 1. The van der Waals surface area contributed by atoms with Gasteiger partial charge in [0.05, 0.1) is 18.3 Å². The second-order valence-electron chi connectivity index (χ2n) is 10.1. The molecule has 0 spiro atoms. The largest absolute Gasteiger partial charge is 0.492 e. The molecule has 0 aliphatic carbocycles. The Bertz CT molecular complexity index is 1440. The number of aromatic nitrogens is 2. The van der Waals surface area contributed by atoms with Gasteiger partial charge in [0.2, 0.25) is 0 Å². The number of ether oxygens (including phenoxy) is 1. The van der Waals surface area contributed by atoms with E-state index < -0.39 is 6.43 Å². The molecule has 0 saturated heterocycles. The molecule has 40 heavy (non-hydrogen) atoms. The molecule has 3 aromatic rings. The third-order valence-electron chi connectivity index (χ3n) is 7.53. The number of pyridine rings is 2. The smallest absolute Gasteiger partial charge is 0.265 e. The minimum Gasteiger partial charge on any atom is -0.492 e. The van der Waals surface area contributed by atoms with Crippen molar-refractivity contribution in [3.05, 3.63) is 75.9 Å². The normalized spacial score (nSPS) is 13.9. The Labute approximate surface area is 234 Å². The van der Waals surface area contributed by atoms with Crippen LogP contribution < -0.4 is 4.74 Å². The number of benzene rings is 1. The first-order chi connectivity index (χ1) is 19.2. The Kier molecular flexibility index (Phi) is 9.10. The van der Waals surface area contributed by atoms with Crippen molar-refractivity contribution in [2.24, 2.45) is 0 Å². The number of rotatable bonds is 10. The predicted molar refractivity (Wildman–Crippen MR) is 150 cm³/mol. The van der Waals surface area contributed by atoms with Gasteiger partial charge >= 0.3 is 0 Å². The molecule has 1 aromatic carbocycles. The number of hydrogen-bond donors (Lipinski definition) is 0. The Morgan fingerprint density at radius 2 is 1.88 bits per heavy atom. The summed E-state index contributed by atoms with van der Waals surface area (Å²) in [6.07, 6.45) is 1.21. The van der Waals surface area contributed by atoms with Gasteiger partial charge in [-0.15, -0.1) is 0 Å². The minimum absolute atomic E-state index is 0.135. The van der Waals surface area contributed by atoms with E-state index in [1.165, 1.54) is 12.4 Å². The number of nitrogens with zero attached hydrogens (tertiary/aromatic N) is 5. The van der Waals surface area contributed by atoms with Gasteiger partial charge in [-0.3, -0.25) is 14.8 Å². The van der Waals surface area contributed by atoms with Gasteiger partial charge in [-0.2, -0.15) is 5.26 Å². The zero-order valence-electron chi connectivity index (χ0n) is 23.7. The summed E-state index contributed by atoms with van der Waals surface area (Å²) in [4.78, 5) is 26.5. The molecule has 1 amide bonds. The summed E-state index contributed by atoms with van der Waals surface area (Å²) in [6.45, 7) is 10.0. The van der Waals surface area contributed by atoms with Crippen LogP contribution in [0.3, 0.4) is 0 Å². The molecule has 1 atom stereocenters. The van der Waals surface area contributed by atoms with Gasteiger partial charge in [0.15, 0.2) is 0 Å². The lowest BCUT2D eigenvalue weighted by molar-refractivity contribution is 0.0669. The lowest BCUT2D eigenvalue weighted by Gasteiger charge is -2.35. The summed E-state index contributed by atoms with van der Waals surface area (Å²) >= 11 is 0. The van der Waals surface area contributed by atoms with Crippen molar-refractivity contribution in [3.63, 3.8) is 0 Å². The molecule has 0 radical (unpaired) electrons. The van der Waals surface area contributed by atoms with Crippen LogP contribution in [0.5, 0.6) is 5.75 Å². The minimum atomic E-state index is -2.69. The molecule has 7 nitrogen and oxygen atoms in total. The van der Waals surface area contributed by atoms with Crippen molar-refractivity contribution in [1.29, 1.82) is 5.26 Å². The number of hydrogen-bond acceptors (Lipinski definition) is 6. The Morgan fingerprint density at radius 1 is 1.12 bits per heavy atom. The van der Waals surface area contributed by atoms with Crippen molar-refractivity contribution in [2.45, 2.75) is 53.0 Å². The SMILES string of the molecule is CCOc1cc([C@H](C)N2CCc3c(cc(CCN(C)CC)cc3-c3cc(C)ncc3C(F)F)C2=O)ncc1C#N. The first-order valence-corrected chi connectivity index (χ1v) is 13.6. The zero-order valence-corrected chi connectivity index (χ0v) is 23.7. The summed E-state index contributed by atoms with van der Waals surface area (Å²) in [7, 11) is 2.02. The van der Waals surface area contributed by atoms with Crippen molar-refractivity contribution in [3.8, 4) is 22.9 Å². The van der Waals surface area contributed by atoms with E-state index in [1.807, 2.05) is 33.0 Å². The summed E-state index contributed by atoms with van der Waals surface area (Å²) in [6, 6.07) is 8.99. The van der Waals surface area contributed by atoms with E-state index in [4.69, 9.17) is 4.74 Å². The number of halogens is 2. The summed E-state index contributed by atoms with van der Waals surface area (Å²) in [5.74, 6) is 0.262. The lowest BCUT2D eigenvalue weighted by atomic mass is 9.85. The Balaban J connectivity index is 1.79. The summed E-state index contributed by atoms with van der Waals surface area (Å²) < 4.78 is 33.8. The van der Waals surface area contributed by atoms with E-state index in [-0.39, 0.29) is 17.5 Å². The first kappa shape index (κ1) is 29.1. The number of carbonyl (C=O) groups is 1. The van der Waals surface area contributed by atoms with Gasteiger partial charge in [0.25, 0.3) is 12.3 Å². The number of nitriles is 1. The highest BCUT2D eigenvalue weighted by Gasteiger charge is 2.32. The van der Waals surface area contributed by atoms with Crippen LogP contribution in [0, 0.1) is 18.3 Å². The van der Waals surface area contributed by atoms with Crippen LogP contribution in [-0.4, -0.2) is 59.0 Å².